The topological polar surface area (TPSA) is 38.3 Å². The summed E-state index contributed by atoms with van der Waals surface area (Å²) < 4.78 is 5.50. The van der Waals surface area contributed by atoms with Gasteiger partial charge in [-0.1, -0.05) is 47.5 Å². The Kier molecular flexibility index (Phi) is 6.10. The van der Waals surface area contributed by atoms with Crippen LogP contribution in [-0.4, -0.2) is 12.5 Å². The normalized spacial score (nSPS) is 11.8. The molecule has 0 saturated heterocycles. The van der Waals surface area contributed by atoms with Gasteiger partial charge in [0, 0.05) is 10.0 Å². The van der Waals surface area contributed by atoms with Crippen LogP contribution in [-0.2, 0) is 4.79 Å². The summed E-state index contributed by atoms with van der Waals surface area (Å²) in [6.07, 6.45) is 0.282. The molecule has 2 aromatic rings. The van der Waals surface area contributed by atoms with Crippen molar-refractivity contribution in [3.63, 3.8) is 0 Å². The number of amides is 1. The molecule has 0 heterocycles. The molecule has 1 atom stereocenters. The van der Waals surface area contributed by atoms with E-state index in [0.717, 1.165) is 11.3 Å². The van der Waals surface area contributed by atoms with Crippen molar-refractivity contribution < 1.29 is 9.53 Å². The predicted molar refractivity (Wildman–Crippen MR) is 89.6 cm³/mol. The van der Waals surface area contributed by atoms with Crippen LogP contribution in [0.15, 0.2) is 48.5 Å². The molecule has 5 heteroatoms. The number of hydrogen-bond acceptors (Lipinski definition) is 2. The molecule has 2 rings (SSSR count). The summed E-state index contributed by atoms with van der Waals surface area (Å²) in [5.41, 5.74) is 0.836. The van der Waals surface area contributed by atoms with Crippen LogP contribution in [0, 0.1) is 0 Å². The van der Waals surface area contributed by atoms with Crippen LogP contribution < -0.4 is 10.1 Å². The van der Waals surface area contributed by atoms with Gasteiger partial charge in [-0.05, 0) is 36.8 Å². The summed E-state index contributed by atoms with van der Waals surface area (Å²) in [4.78, 5) is 11.9. The molecule has 1 amide bonds. The molecule has 1 N–H and O–H groups in total. The number of para-hydroxylation sites is 1. The number of carbonyl (C=O) groups excluding carboxylic acids is 1. The summed E-state index contributed by atoms with van der Waals surface area (Å²) in [6, 6.07) is 14.5. The van der Waals surface area contributed by atoms with Crippen LogP contribution >= 0.6 is 23.2 Å². The Morgan fingerprint density at radius 2 is 1.91 bits per heavy atom. The van der Waals surface area contributed by atoms with Crippen LogP contribution in [0.5, 0.6) is 5.75 Å². The fourth-order valence-electron chi connectivity index (χ4n) is 2.02. The second-order valence-corrected chi connectivity index (χ2v) is 5.71. The van der Waals surface area contributed by atoms with Crippen LogP contribution in [0.3, 0.4) is 0 Å². The maximum absolute atomic E-state index is 11.9. The van der Waals surface area contributed by atoms with Gasteiger partial charge in [0.1, 0.15) is 5.75 Å². The van der Waals surface area contributed by atoms with E-state index >= 15 is 0 Å². The SMILES string of the molecule is CC(NC(=O)CCOc1ccccc1)c1ccc(Cl)cc1Cl. The van der Waals surface area contributed by atoms with Gasteiger partial charge in [-0.25, -0.2) is 0 Å². The fraction of sp³-hybridized carbons (Fsp3) is 0.235. The van der Waals surface area contributed by atoms with E-state index in [2.05, 4.69) is 5.32 Å². The van der Waals surface area contributed by atoms with Crippen LogP contribution in [0.2, 0.25) is 10.0 Å². The third kappa shape index (κ3) is 4.93. The van der Waals surface area contributed by atoms with Crippen LogP contribution in [0.25, 0.3) is 0 Å². The molecule has 0 radical (unpaired) electrons. The minimum Gasteiger partial charge on any atom is -0.493 e. The Balaban J connectivity index is 1.81. The average Bonchev–Trinajstić information content (AvgIpc) is 2.48. The summed E-state index contributed by atoms with van der Waals surface area (Å²) in [7, 11) is 0. The van der Waals surface area contributed by atoms with E-state index in [1.165, 1.54) is 0 Å². The molecule has 0 aromatic heterocycles. The van der Waals surface area contributed by atoms with Gasteiger partial charge in [0.25, 0.3) is 0 Å². The molecule has 2 aromatic carbocycles. The Labute approximate surface area is 140 Å². The molecule has 22 heavy (non-hydrogen) atoms. The molecule has 0 bridgehead atoms. The first kappa shape index (κ1) is 16.7. The van der Waals surface area contributed by atoms with Crippen molar-refractivity contribution >= 4 is 29.1 Å². The van der Waals surface area contributed by atoms with Crippen molar-refractivity contribution in [3.8, 4) is 5.75 Å². The molecule has 3 nitrogen and oxygen atoms in total. The van der Waals surface area contributed by atoms with E-state index < -0.39 is 0 Å². The van der Waals surface area contributed by atoms with Gasteiger partial charge in [-0.2, -0.15) is 0 Å². The molecular formula is C17H17Cl2NO2. The average molecular weight is 338 g/mol. The van der Waals surface area contributed by atoms with E-state index in [1.807, 2.05) is 43.3 Å². The van der Waals surface area contributed by atoms with Gasteiger partial charge in [-0.15, -0.1) is 0 Å². The van der Waals surface area contributed by atoms with Gasteiger partial charge in [0.15, 0.2) is 0 Å². The first-order chi connectivity index (χ1) is 10.6. The Hall–Kier alpha value is -1.71. The molecule has 0 fully saturated rings. The van der Waals surface area contributed by atoms with E-state index in [4.69, 9.17) is 27.9 Å². The molecule has 0 aliphatic rings. The molecule has 0 spiro atoms. The quantitative estimate of drug-likeness (QED) is 0.833. The lowest BCUT2D eigenvalue weighted by Crippen LogP contribution is -2.28. The fourth-order valence-corrected chi connectivity index (χ4v) is 2.59. The summed E-state index contributed by atoms with van der Waals surface area (Å²) >= 11 is 12.0. The van der Waals surface area contributed by atoms with Gasteiger partial charge in [-0.3, -0.25) is 4.79 Å². The van der Waals surface area contributed by atoms with Crippen molar-refractivity contribution in [2.24, 2.45) is 0 Å². The zero-order valence-electron chi connectivity index (χ0n) is 12.2. The highest BCUT2D eigenvalue weighted by Crippen LogP contribution is 2.26. The Bertz CT molecular complexity index is 632. The van der Waals surface area contributed by atoms with Gasteiger partial charge >= 0.3 is 0 Å². The molecule has 0 aliphatic carbocycles. The van der Waals surface area contributed by atoms with Crippen molar-refractivity contribution in [2.75, 3.05) is 6.61 Å². The van der Waals surface area contributed by atoms with E-state index in [9.17, 15) is 4.79 Å². The van der Waals surface area contributed by atoms with Gasteiger partial charge in [0.2, 0.25) is 5.91 Å². The summed E-state index contributed by atoms with van der Waals surface area (Å²) in [5.74, 6) is 0.665. The molecule has 0 saturated carbocycles. The zero-order valence-corrected chi connectivity index (χ0v) is 13.7. The lowest BCUT2D eigenvalue weighted by Gasteiger charge is -2.16. The third-order valence-electron chi connectivity index (χ3n) is 3.15. The minimum atomic E-state index is -0.186. The van der Waals surface area contributed by atoms with Crippen molar-refractivity contribution in [2.45, 2.75) is 19.4 Å². The zero-order chi connectivity index (χ0) is 15.9. The second kappa shape index (κ2) is 8.06. The molecule has 1 unspecified atom stereocenters. The lowest BCUT2D eigenvalue weighted by atomic mass is 10.1. The van der Waals surface area contributed by atoms with Crippen molar-refractivity contribution in [1.82, 2.24) is 5.32 Å². The van der Waals surface area contributed by atoms with Crippen molar-refractivity contribution in [3.05, 3.63) is 64.1 Å². The number of rotatable bonds is 6. The van der Waals surface area contributed by atoms with E-state index in [1.54, 1.807) is 12.1 Å². The monoisotopic (exact) mass is 337 g/mol. The maximum Gasteiger partial charge on any atom is 0.223 e. The van der Waals surface area contributed by atoms with Gasteiger partial charge in [0.05, 0.1) is 19.1 Å². The van der Waals surface area contributed by atoms with Crippen LogP contribution in [0.1, 0.15) is 24.9 Å². The first-order valence-corrected chi connectivity index (χ1v) is 7.74. The van der Waals surface area contributed by atoms with E-state index in [0.29, 0.717) is 16.7 Å². The number of ether oxygens (including phenoxy) is 1. The number of halogens is 2. The maximum atomic E-state index is 11.9. The molecular weight excluding hydrogens is 321 g/mol. The second-order valence-electron chi connectivity index (χ2n) is 4.87. The van der Waals surface area contributed by atoms with Gasteiger partial charge < -0.3 is 10.1 Å². The predicted octanol–water partition coefficient (Wildman–Crippen LogP) is 4.64. The lowest BCUT2D eigenvalue weighted by molar-refractivity contribution is -0.122. The molecule has 0 aliphatic heterocycles. The van der Waals surface area contributed by atoms with Crippen LogP contribution in [0.4, 0.5) is 0 Å². The number of carbonyl (C=O) groups is 1. The number of benzene rings is 2. The highest BCUT2D eigenvalue weighted by molar-refractivity contribution is 6.35. The Morgan fingerprint density at radius 3 is 2.59 bits per heavy atom. The highest BCUT2D eigenvalue weighted by atomic mass is 35.5. The summed E-state index contributed by atoms with van der Waals surface area (Å²) in [6.45, 7) is 2.21. The Morgan fingerprint density at radius 1 is 1.18 bits per heavy atom. The smallest absolute Gasteiger partial charge is 0.223 e. The number of hydrogen-bond donors (Lipinski definition) is 1. The summed E-state index contributed by atoms with van der Waals surface area (Å²) in [5, 5.41) is 4.01. The highest BCUT2D eigenvalue weighted by Gasteiger charge is 2.13. The first-order valence-electron chi connectivity index (χ1n) is 6.98. The third-order valence-corrected chi connectivity index (χ3v) is 3.71. The largest absolute Gasteiger partial charge is 0.493 e. The minimum absolute atomic E-state index is 0.0885. The van der Waals surface area contributed by atoms with Crippen molar-refractivity contribution in [1.29, 1.82) is 0 Å². The van der Waals surface area contributed by atoms with E-state index in [-0.39, 0.29) is 18.4 Å². The standard InChI is InChI=1S/C17H17Cl2NO2/c1-12(15-8-7-13(18)11-16(15)19)20-17(21)9-10-22-14-5-3-2-4-6-14/h2-8,11-12H,9-10H2,1H3,(H,20,21). The molecule has 116 valence electrons. The number of nitrogens with one attached hydrogen (secondary N) is 1.